The molecule has 1 aliphatic rings. The Morgan fingerprint density at radius 2 is 1.64 bits per heavy atom. The Balaban J connectivity index is 2.90. The first kappa shape index (κ1) is 19.2. The third-order valence-electron chi connectivity index (χ3n) is 4.62. The first-order chi connectivity index (χ1) is 10.2. The van der Waals surface area contributed by atoms with E-state index in [-0.39, 0.29) is 24.0 Å². The van der Waals surface area contributed by atoms with Crippen LogP contribution in [0.15, 0.2) is 0 Å². The van der Waals surface area contributed by atoms with Gasteiger partial charge in [0, 0.05) is 0 Å². The van der Waals surface area contributed by atoms with Crippen molar-refractivity contribution in [3.05, 3.63) is 0 Å². The Bertz CT molecular complexity index is 399. The van der Waals surface area contributed by atoms with Gasteiger partial charge in [0.2, 0.25) is 0 Å². The number of hydrogen-bond acceptors (Lipinski definition) is 4. The van der Waals surface area contributed by atoms with Gasteiger partial charge in [0.25, 0.3) is 5.91 Å². The first-order valence-electron chi connectivity index (χ1n) is 8.44. The maximum atomic E-state index is 12.4. The predicted octanol–water partition coefficient (Wildman–Crippen LogP) is 3.79. The Morgan fingerprint density at radius 1 is 1.14 bits per heavy atom. The third kappa shape index (κ3) is 3.71. The van der Waals surface area contributed by atoms with Gasteiger partial charge in [-0.2, -0.15) is 0 Å². The van der Waals surface area contributed by atoms with Gasteiger partial charge in [0.1, 0.15) is 6.10 Å². The lowest BCUT2D eigenvalue weighted by atomic mass is 9.89. The summed E-state index contributed by atoms with van der Waals surface area (Å²) in [6, 6.07) is 2.76. The van der Waals surface area contributed by atoms with Gasteiger partial charge in [-0.1, -0.05) is 34.6 Å². The zero-order valence-electron chi connectivity index (χ0n) is 15.0. The van der Waals surface area contributed by atoms with Crippen LogP contribution in [0.5, 0.6) is 0 Å². The van der Waals surface area contributed by atoms with Crippen LogP contribution in [0.3, 0.4) is 0 Å². The summed E-state index contributed by atoms with van der Waals surface area (Å²) < 4.78 is 11.5. The molecule has 0 saturated carbocycles. The molecule has 22 heavy (non-hydrogen) atoms. The number of rotatable bonds is 7. The van der Waals surface area contributed by atoms with Crippen LogP contribution in [0.25, 0.3) is 0 Å². The van der Waals surface area contributed by atoms with Crippen LogP contribution >= 0.6 is 0 Å². The fourth-order valence-electron chi connectivity index (χ4n) is 2.99. The van der Waals surface area contributed by atoms with E-state index in [4.69, 9.17) is 9.16 Å². The van der Waals surface area contributed by atoms with Gasteiger partial charge in [-0.15, -0.1) is 0 Å². The molecule has 2 unspecified atom stereocenters. The summed E-state index contributed by atoms with van der Waals surface area (Å²) in [4.78, 5) is 25.8. The van der Waals surface area contributed by atoms with Gasteiger partial charge >= 0.3 is 6.09 Å². The highest BCUT2D eigenvalue weighted by molar-refractivity contribution is 6.73. The van der Waals surface area contributed by atoms with Gasteiger partial charge in [-0.3, -0.25) is 4.79 Å². The second-order valence-electron chi connectivity index (χ2n) is 6.66. The smallest absolute Gasteiger partial charge is 0.417 e. The molecular formula is C16H31NO4Si. The number of amides is 2. The molecule has 128 valence electrons. The first-order valence-corrected chi connectivity index (χ1v) is 11.0. The van der Waals surface area contributed by atoms with E-state index in [0.29, 0.717) is 0 Å². The molecule has 5 nitrogen and oxygen atoms in total. The van der Waals surface area contributed by atoms with E-state index in [1.807, 2.05) is 13.8 Å². The van der Waals surface area contributed by atoms with Crippen LogP contribution in [0, 0.1) is 5.92 Å². The lowest BCUT2D eigenvalue weighted by molar-refractivity contribution is -0.164. The largest absolute Gasteiger partial charge is 0.446 e. The molecule has 6 heteroatoms. The second-order valence-corrected chi connectivity index (χ2v) is 11.4. The number of carbonyl (C=O) groups excluding carboxylic acids is 2. The highest BCUT2D eigenvalue weighted by Gasteiger charge is 2.55. The molecule has 0 N–H and O–H groups in total. The number of β-lactam (4-membered cyclic amide) rings is 1. The van der Waals surface area contributed by atoms with Crippen LogP contribution in [-0.2, 0) is 14.0 Å². The number of likely N-dealkylation sites (tertiary alicyclic amines) is 1. The van der Waals surface area contributed by atoms with Crippen molar-refractivity contribution >= 4 is 20.3 Å². The van der Waals surface area contributed by atoms with E-state index in [1.54, 1.807) is 13.8 Å². The van der Waals surface area contributed by atoms with Crippen LogP contribution in [0.2, 0.25) is 18.1 Å². The number of nitrogens with zero attached hydrogens (tertiary/aromatic N) is 1. The van der Waals surface area contributed by atoms with Crippen LogP contribution in [0.1, 0.15) is 48.5 Å². The zero-order chi connectivity index (χ0) is 17.1. The maximum Gasteiger partial charge on any atom is 0.417 e. The van der Waals surface area contributed by atoms with Crippen molar-refractivity contribution in [3.63, 3.8) is 0 Å². The fraction of sp³-hybridized carbons (Fsp3) is 0.875. The molecule has 0 radical (unpaired) electrons. The van der Waals surface area contributed by atoms with Crippen LogP contribution in [0.4, 0.5) is 4.79 Å². The summed E-state index contributed by atoms with van der Waals surface area (Å²) in [6.07, 6.45) is -1.26. The van der Waals surface area contributed by atoms with Crippen molar-refractivity contribution in [1.29, 1.82) is 0 Å². The quantitative estimate of drug-likeness (QED) is 0.527. The van der Waals surface area contributed by atoms with E-state index in [9.17, 15) is 9.59 Å². The van der Waals surface area contributed by atoms with Crippen molar-refractivity contribution in [2.24, 2.45) is 5.92 Å². The maximum absolute atomic E-state index is 12.4. The molecule has 0 aliphatic carbocycles. The summed E-state index contributed by atoms with van der Waals surface area (Å²) in [5.74, 6) is -0.0868. The lowest BCUT2D eigenvalue weighted by Crippen LogP contribution is -2.71. The molecule has 0 bridgehead atoms. The Labute approximate surface area is 135 Å². The molecule has 2 amide bonds. The van der Waals surface area contributed by atoms with Crippen molar-refractivity contribution in [2.75, 3.05) is 0 Å². The van der Waals surface area contributed by atoms with Crippen LogP contribution in [-0.4, -0.2) is 43.5 Å². The van der Waals surface area contributed by atoms with Gasteiger partial charge in [0.15, 0.2) is 8.32 Å². The monoisotopic (exact) mass is 329 g/mol. The predicted molar refractivity (Wildman–Crippen MR) is 89.2 cm³/mol. The van der Waals surface area contributed by atoms with Crippen molar-refractivity contribution in [1.82, 2.24) is 4.90 Å². The number of ether oxygens (including phenoxy) is 1. The average molecular weight is 330 g/mol. The minimum atomic E-state index is -1.88. The molecule has 2 atom stereocenters. The lowest BCUT2D eigenvalue weighted by Gasteiger charge is -2.49. The Morgan fingerprint density at radius 3 is 2.00 bits per heavy atom. The minimum absolute atomic E-state index is 0.152. The highest BCUT2D eigenvalue weighted by Crippen LogP contribution is 2.35. The van der Waals surface area contributed by atoms with Crippen molar-refractivity contribution in [2.45, 2.75) is 84.8 Å². The summed E-state index contributed by atoms with van der Waals surface area (Å²) in [7, 11) is -1.88. The molecule has 0 aromatic carbocycles. The van der Waals surface area contributed by atoms with E-state index < -0.39 is 20.5 Å². The summed E-state index contributed by atoms with van der Waals surface area (Å²) in [6.45, 7) is 14.0. The second kappa shape index (κ2) is 7.59. The topological polar surface area (TPSA) is 55.8 Å². The number of hydrogen-bond donors (Lipinski definition) is 0. The van der Waals surface area contributed by atoms with Gasteiger partial charge in [0.05, 0.1) is 12.1 Å². The standard InChI is InChI=1S/C16H31NO4Si/c1-8-22(9-2,10-3)21-14-13(11(4)5)17(15(14)18)16(19)20-12(6)7/h11-14H,8-10H2,1-7H3. The molecular weight excluding hydrogens is 298 g/mol. The summed E-state index contributed by atoms with van der Waals surface area (Å²) in [5, 5.41) is 0. The van der Waals surface area contributed by atoms with Crippen LogP contribution < -0.4 is 0 Å². The van der Waals surface area contributed by atoms with E-state index >= 15 is 0 Å². The fourth-order valence-corrected chi connectivity index (χ4v) is 5.77. The Kier molecular flexibility index (Phi) is 6.61. The summed E-state index contributed by atoms with van der Waals surface area (Å²) >= 11 is 0. The molecule has 0 aromatic rings. The molecule has 1 rings (SSSR count). The molecule has 1 saturated heterocycles. The molecule has 0 aromatic heterocycles. The Hall–Kier alpha value is -0.883. The van der Waals surface area contributed by atoms with Crippen molar-refractivity contribution < 1.29 is 18.8 Å². The third-order valence-corrected chi connectivity index (χ3v) is 9.24. The highest BCUT2D eigenvalue weighted by atomic mass is 28.4. The zero-order valence-corrected chi connectivity index (χ0v) is 16.0. The van der Waals surface area contributed by atoms with Gasteiger partial charge < -0.3 is 9.16 Å². The molecule has 1 fully saturated rings. The van der Waals surface area contributed by atoms with E-state index in [1.165, 1.54) is 4.90 Å². The molecule has 0 spiro atoms. The number of imide groups is 1. The van der Waals surface area contributed by atoms with E-state index in [0.717, 1.165) is 18.1 Å². The van der Waals surface area contributed by atoms with Gasteiger partial charge in [-0.05, 0) is 37.9 Å². The average Bonchev–Trinajstić information content (AvgIpc) is 2.45. The molecule has 1 aliphatic heterocycles. The number of carbonyl (C=O) groups is 2. The minimum Gasteiger partial charge on any atom is -0.446 e. The van der Waals surface area contributed by atoms with E-state index in [2.05, 4.69) is 20.8 Å². The molecule has 1 heterocycles. The normalized spacial score (nSPS) is 22.2. The van der Waals surface area contributed by atoms with Gasteiger partial charge in [-0.25, -0.2) is 9.69 Å². The summed E-state index contributed by atoms with van der Waals surface area (Å²) in [5.41, 5.74) is 0. The SMILES string of the molecule is CC[Si](CC)(CC)OC1C(=O)N(C(=O)OC(C)C)C1C(C)C. The van der Waals surface area contributed by atoms with Crippen molar-refractivity contribution in [3.8, 4) is 0 Å².